The van der Waals surface area contributed by atoms with Gasteiger partial charge in [-0.15, -0.1) is 0 Å². The highest BCUT2D eigenvalue weighted by Crippen LogP contribution is 2.61. The van der Waals surface area contributed by atoms with Gasteiger partial charge in [-0.3, -0.25) is 28.2 Å². The van der Waals surface area contributed by atoms with E-state index in [1.165, 1.54) is 6.92 Å². The maximum Gasteiger partial charge on any atom is 0.483 e. The summed E-state index contributed by atoms with van der Waals surface area (Å²) in [7, 11) is -11.4. The van der Waals surface area contributed by atoms with Gasteiger partial charge >= 0.3 is 27.3 Å². The molecule has 2 aliphatic rings. The van der Waals surface area contributed by atoms with Gasteiger partial charge in [0, 0.05) is 19.2 Å². The Hall–Kier alpha value is -2.40. The van der Waals surface area contributed by atoms with Crippen LogP contribution in [0.5, 0.6) is 0 Å². The number of carbonyl (C=O) groups excluding carboxylic acids is 1. The number of aromatic nitrogens is 2. The standard InChI is InChI=1S/C21H33N3O19P2/c1-3-9(19(31)32)39-17-13(22-8(2)26)20(41-10(6-25)15(17)29)42-45(36,37)43-44(34,35)38-7-11-14(28)16(30)18(40-11)24-5-4-12(27)23-21(24)33/h4-5,9-11,13-18,20,25,28-30H,3,6-7H2,1-2H3,(H,22,26)(H,31,32)(H,34,35)(H,36,37)(H,23,27,33). The number of carbonyl (C=O) groups is 2. The quantitative estimate of drug-likeness (QED) is 0.0845. The number of phosphoric ester groups is 2. The summed E-state index contributed by atoms with van der Waals surface area (Å²) in [6, 6.07) is -0.825. The van der Waals surface area contributed by atoms with Crippen molar-refractivity contribution in [1.82, 2.24) is 14.9 Å². The molecule has 3 rings (SSSR count). The third-order valence-corrected chi connectivity index (χ3v) is 9.10. The first-order valence-corrected chi connectivity index (χ1v) is 16.0. The first-order valence-electron chi connectivity index (χ1n) is 13.0. The minimum atomic E-state index is -5.75. The number of aliphatic carboxylic acids is 1. The van der Waals surface area contributed by atoms with Crippen molar-refractivity contribution in [2.24, 2.45) is 0 Å². The molecule has 2 fully saturated rings. The number of ether oxygens (including phenoxy) is 3. The highest BCUT2D eigenvalue weighted by atomic mass is 31.3. The molecule has 2 saturated heterocycles. The zero-order valence-electron chi connectivity index (χ0n) is 23.4. The molecular weight excluding hydrogens is 660 g/mol. The number of phosphoric acid groups is 2. The summed E-state index contributed by atoms with van der Waals surface area (Å²) < 4.78 is 55.6. The lowest BCUT2D eigenvalue weighted by atomic mass is 9.96. The van der Waals surface area contributed by atoms with Crippen molar-refractivity contribution in [1.29, 1.82) is 0 Å². The third-order valence-electron chi connectivity index (χ3n) is 6.50. The lowest BCUT2D eigenvalue weighted by Crippen LogP contribution is -2.66. The predicted molar refractivity (Wildman–Crippen MR) is 141 cm³/mol. The van der Waals surface area contributed by atoms with Crippen molar-refractivity contribution < 1.29 is 81.6 Å². The maximum atomic E-state index is 12.8. The van der Waals surface area contributed by atoms with E-state index in [0.717, 1.165) is 19.2 Å². The molecule has 12 unspecified atom stereocenters. The summed E-state index contributed by atoms with van der Waals surface area (Å²) >= 11 is 0. The van der Waals surface area contributed by atoms with Crippen molar-refractivity contribution in [3.8, 4) is 0 Å². The van der Waals surface area contributed by atoms with Gasteiger partial charge in [-0.2, -0.15) is 4.31 Å². The van der Waals surface area contributed by atoms with E-state index in [-0.39, 0.29) is 6.42 Å². The minimum Gasteiger partial charge on any atom is -0.479 e. The van der Waals surface area contributed by atoms with Crippen molar-refractivity contribution in [3.63, 3.8) is 0 Å². The molecule has 0 bridgehead atoms. The Morgan fingerprint density at radius 2 is 1.76 bits per heavy atom. The first-order chi connectivity index (χ1) is 20.9. The maximum absolute atomic E-state index is 12.8. The molecule has 1 aromatic rings. The molecule has 0 radical (unpaired) electrons. The number of aliphatic hydroxyl groups excluding tert-OH is 4. The summed E-state index contributed by atoms with van der Waals surface area (Å²) in [5.74, 6) is -2.31. The lowest BCUT2D eigenvalue weighted by Gasteiger charge is -2.44. The van der Waals surface area contributed by atoms with Crippen LogP contribution in [0.3, 0.4) is 0 Å². The van der Waals surface area contributed by atoms with Crippen LogP contribution < -0.4 is 16.6 Å². The van der Waals surface area contributed by atoms with E-state index in [0.29, 0.717) is 4.57 Å². The molecule has 12 atom stereocenters. The van der Waals surface area contributed by atoms with Gasteiger partial charge in [0.15, 0.2) is 18.6 Å². The average molecular weight is 693 g/mol. The molecule has 3 heterocycles. The predicted octanol–water partition coefficient (Wildman–Crippen LogP) is -3.76. The van der Waals surface area contributed by atoms with Crippen LogP contribution in [0, 0.1) is 0 Å². The van der Waals surface area contributed by atoms with Gasteiger partial charge in [0.2, 0.25) is 5.91 Å². The summed E-state index contributed by atoms with van der Waals surface area (Å²) in [4.78, 5) is 68.9. The van der Waals surface area contributed by atoms with Gasteiger partial charge < -0.3 is 54.8 Å². The third kappa shape index (κ3) is 9.33. The smallest absolute Gasteiger partial charge is 0.479 e. The van der Waals surface area contributed by atoms with Crippen molar-refractivity contribution >= 4 is 27.5 Å². The monoisotopic (exact) mass is 693 g/mol. The van der Waals surface area contributed by atoms with Crippen LogP contribution in [0.25, 0.3) is 0 Å². The molecule has 24 heteroatoms. The zero-order chi connectivity index (χ0) is 33.9. The Bertz CT molecular complexity index is 1420. The Kier molecular flexibility index (Phi) is 12.4. The van der Waals surface area contributed by atoms with E-state index in [1.807, 2.05) is 4.98 Å². The van der Waals surface area contributed by atoms with E-state index in [4.69, 9.17) is 18.7 Å². The molecule has 45 heavy (non-hydrogen) atoms. The van der Waals surface area contributed by atoms with E-state index < -0.39 is 113 Å². The van der Waals surface area contributed by atoms with Crippen LogP contribution in [-0.4, -0.2) is 125 Å². The number of nitrogens with zero attached hydrogens (tertiary/aromatic N) is 1. The van der Waals surface area contributed by atoms with Crippen molar-refractivity contribution in [2.45, 2.75) is 81.6 Å². The van der Waals surface area contributed by atoms with Gasteiger partial charge in [0.25, 0.3) is 5.56 Å². The van der Waals surface area contributed by atoms with E-state index >= 15 is 0 Å². The number of H-pyrrole nitrogens is 1. The topological polar surface area (TPSA) is 332 Å². The molecule has 0 aromatic carbocycles. The molecule has 22 nitrogen and oxygen atoms in total. The molecular formula is C21H33N3O19P2. The lowest BCUT2D eigenvalue weighted by molar-refractivity contribution is -0.263. The second-order valence-corrected chi connectivity index (χ2v) is 12.8. The van der Waals surface area contributed by atoms with Crippen LogP contribution >= 0.6 is 15.6 Å². The number of hydrogen-bond donors (Lipinski definition) is 9. The molecule has 0 aliphatic carbocycles. The number of aromatic amines is 1. The van der Waals surface area contributed by atoms with Gasteiger partial charge in [0.05, 0.1) is 13.2 Å². The van der Waals surface area contributed by atoms with Crippen molar-refractivity contribution in [2.75, 3.05) is 13.2 Å². The Labute approximate surface area is 252 Å². The molecule has 9 N–H and O–H groups in total. The number of carboxylic acids is 1. The summed E-state index contributed by atoms with van der Waals surface area (Å²) in [5.41, 5.74) is -1.79. The Morgan fingerprint density at radius 3 is 2.31 bits per heavy atom. The Morgan fingerprint density at radius 1 is 1.09 bits per heavy atom. The van der Waals surface area contributed by atoms with E-state index in [2.05, 4.69) is 14.2 Å². The van der Waals surface area contributed by atoms with Crippen LogP contribution in [0.15, 0.2) is 21.9 Å². The number of aliphatic hydroxyl groups is 4. The molecule has 256 valence electrons. The van der Waals surface area contributed by atoms with Gasteiger partial charge in [0.1, 0.15) is 42.7 Å². The molecule has 2 aliphatic heterocycles. The second-order valence-electron chi connectivity index (χ2n) is 9.76. The Balaban J connectivity index is 1.73. The fraction of sp³-hybridized carbons (Fsp3) is 0.714. The summed E-state index contributed by atoms with van der Waals surface area (Å²) in [6.07, 6.45) is -14.9. The van der Waals surface area contributed by atoms with Gasteiger partial charge in [-0.1, -0.05) is 6.92 Å². The SMILES string of the molecule is CCC(OC1C(O)C(CO)OC(OP(=O)(O)OP(=O)(O)OCC2OC(n3ccc(=O)[nH]c3=O)C(O)C2O)C1NC(C)=O)C(=O)O. The number of amides is 1. The summed E-state index contributed by atoms with van der Waals surface area (Å²) in [5, 5.41) is 52.3. The van der Waals surface area contributed by atoms with Crippen LogP contribution in [0.2, 0.25) is 0 Å². The van der Waals surface area contributed by atoms with Crippen molar-refractivity contribution in [3.05, 3.63) is 33.1 Å². The zero-order valence-corrected chi connectivity index (χ0v) is 25.2. The molecule has 1 aromatic heterocycles. The van der Waals surface area contributed by atoms with Gasteiger partial charge in [-0.05, 0) is 6.42 Å². The highest BCUT2D eigenvalue weighted by molar-refractivity contribution is 7.61. The fourth-order valence-electron chi connectivity index (χ4n) is 4.42. The summed E-state index contributed by atoms with van der Waals surface area (Å²) in [6.45, 7) is 0.366. The largest absolute Gasteiger partial charge is 0.483 e. The number of carboxylic acid groups (broad SMARTS) is 1. The van der Waals surface area contributed by atoms with E-state index in [1.54, 1.807) is 0 Å². The second kappa shape index (κ2) is 15.0. The number of nitrogens with one attached hydrogen (secondary N) is 2. The van der Waals surface area contributed by atoms with Gasteiger partial charge in [-0.25, -0.2) is 18.7 Å². The fourth-order valence-corrected chi connectivity index (χ4v) is 6.59. The molecule has 0 saturated carbocycles. The molecule has 1 amide bonds. The normalized spacial score (nSPS) is 33.6. The number of hydrogen-bond acceptors (Lipinski definition) is 16. The van der Waals surface area contributed by atoms with E-state index in [9.17, 15) is 63.6 Å². The van der Waals surface area contributed by atoms with Crippen LogP contribution in [0.1, 0.15) is 26.5 Å². The minimum absolute atomic E-state index is 0.132. The van der Waals surface area contributed by atoms with Crippen LogP contribution in [-0.2, 0) is 46.3 Å². The first kappa shape index (κ1) is 37.1. The molecule has 0 spiro atoms. The average Bonchev–Trinajstić information content (AvgIpc) is 3.20. The van der Waals surface area contributed by atoms with Crippen LogP contribution in [0.4, 0.5) is 0 Å². The number of rotatable bonds is 14. The highest BCUT2D eigenvalue weighted by Gasteiger charge is 2.52.